The lowest BCUT2D eigenvalue weighted by atomic mass is 10.0. The Hall–Kier alpha value is -3.67. The minimum atomic E-state index is -0.800. The van der Waals surface area contributed by atoms with Crippen molar-refractivity contribution in [2.45, 2.75) is 354 Å². The number of hydrogen-bond donors (Lipinski definition) is 0. The van der Waals surface area contributed by atoms with Crippen LogP contribution in [-0.2, 0) is 28.6 Å². The van der Waals surface area contributed by atoms with Crippen LogP contribution >= 0.6 is 0 Å². The Morgan fingerprint density at radius 3 is 0.780 bits per heavy atom. The fourth-order valence-corrected chi connectivity index (χ4v) is 10.0. The molecule has 0 aromatic carbocycles. The normalized spacial score (nSPS) is 12.7. The molecule has 1 atom stereocenters. The van der Waals surface area contributed by atoms with E-state index in [1.165, 1.54) is 205 Å². The third-order valence-corrected chi connectivity index (χ3v) is 15.3. The number of esters is 3. The van der Waals surface area contributed by atoms with Crippen LogP contribution in [0.25, 0.3) is 0 Å². The minimum Gasteiger partial charge on any atom is -0.462 e. The van der Waals surface area contributed by atoms with E-state index >= 15 is 0 Å². The quantitative estimate of drug-likeness (QED) is 0.0261. The second-order valence-electron chi connectivity index (χ2n) is 23.4. The van der Waals surface area contributed by atoms with Crippen molar-refractivity contribution in [1.29, 1.82) is 0 Å². The number of rotatable bonds is 64. The largest absolute Gasteiger partial charge is 0.462 e. The first-order valence-electron chi connectivity index (χ1n) is 35.2. The van der Waals surface area contributed by atoms with E-state index in [0.717, 1.165) is 103 Å². The molecule has 0 heterocycles. The Labute approximate surface area is 508 Å². The van der Waals surface area contributed by atoms with Crippen molar-refractivity contribution in [3.05, 3.63) is 97.2 Å². The number of unbranched alkanes of at least 4 members (excludes halogenated alkanes) is 37. The standard InChI is InChI=1S/C76H132O6/c1-4-7-10-13-16-19-22-25-28-30-32-33-34-35-36-37-38-39-40-41-42-43-44-46-48-51-54-57-60-63-66-69-75(78)81-72-73(71-80-74(77)68-65-62-59-56-53-50-47-27-24-21-18-15-12-9-6-3)82-76(79)70-67-64-61-58-55-52-49-45-31-29-26-23-20-17-14-11-8-5-2/h9,12,18,20-23,25,27,29-32,47,53,56,73H,4-8,10-11,13-17,19,24,26,28,33-46,48-52,54-55,57-72H2,1-3H3/b12-9-,21-18-,23-20-,25-22-,31-29-,32-30-,47-27-,56-53-. The first-order chi connectivity index (χ1) is 40.5. The predicted octanol–water partition coefficient (Wildman–Crippen LogP) is 24.4. The molecule has 0 saturated heterocycles. The van der Waals surface area contributed by atoms with Crippen LogP contribution in [0.4, 0.5) is 0 Å². The van der Waals surface area contributed by atoms with Crippen LogP contribution in [0.15, 0.2) is 97.2 Å². The number of allylic oxidation sites excluding steroid dienone is 16. The van der Waals surface area contributed by atoms with Gasteiger partial charge in [0.25, 0.3) is 0 Å². The molecule has 6 heteroatoms. The van der Waals surface area contributed by atoms with Crippen molar-refractivity contribution in [2.75, 3.05) is 13.2 Å². The minimum absolute atomic E-state index is 0.0918. The molecule has 0 aliphatic rings. The third-order valence-electron chi connectivity index (χ3n) is 15.3. The average Bonchev–Trinajstić information content (AvgIpc) is 3.47. The Bertz CT molecular complexity index is 1590. The fraction of sp³-hybridized carbons (Fsp3) is 0.750. The summed E-state index contributed by atoms with van der Waals surface area (Å²) in [6.45, 7) is 6.49. The topological polar surface area (TPSA) is 78.9 Å². The lowest BCUT2D eigenvalue weighted by Gasteiger charge is -2.18. The van der Waals surface area contributed by atoms with E-state index in [0.29, 0.717) is 19.3 Å². The molecule has 0 fully saturated rings. The maximum Gasteiger partial charge on any atom is 0.306 e. The van der Waals surface area contributed by atoms with Crippen molar-refractivity contribution in [1.82, 2.24) is 0 Å². The summed E-state index contributed by atoms with van der Waals surface area (Å²) in [4.78, 5) is 38.4. The second-order valence-corrected chi connectivity index (χ2v) is 23.4. The van der Waals surface area contributed by atoms with Crippen LogP contribution in [0.3, 0.4) is 0 Å². The number of ether oxygens (including phenoxy) is 3. The van der Waals surface area contributed by atoms with Crippen LogP contribution in [0.1, 0.15) is 348 Å². The molecule has 0 aromatic rings. The van der Waals surface area contributed by atoms with Crippen LogP contribution in [-0.4, -0.2) is 37.2 Å². The van der Waals surface area contributed by atoms with Crippen LogP contribution in [0.5, 0.6) is 0 Å². The molecule has 0 rings (SSSR count). The Kier molecular flexibility index (Phi) is 66.7. The smallest absolute Gasteiger partial charge is 0.306 e. The van der Waals surface area contributed by atoms with Gasteiger partial charge in [0, 0.05) is 19.3 Å². The molecule has 0 aromatic heterocycles. The maximum atomic E-state index is 12.9. The van der Waals surface area contributed by atoms with E-state index in [2.05, 4.69) is 118 Å². The van der Waals surface area contributed by atoms with Gasteiger partial charge in [-0.25, -0.2) is 0 Å². The summed E-state index contributed by atoms with van der Waals surface area (Å²) >= 11 is 0. The molecule has 82 heavy (non-hydrogen) atoms. The Morgan fingerprint density at radius 1 is 0.256 bits per heavy atom. The Morgan fingerprint density at radius 2 is 0.476 bits per heavy atom. The highest BCUT2D eigenvalue weighted by Gasteiger charge is 2.19. The summed E-state index contributed by atoms with van der Waals surface area (Å²) in [6, 6.07) is 0. The van der Waals surface area contributed by atoms with Gasteiger partial charge < -0.3 is 14.2 Å². The Balaban J connectivity index is 4.25. The maximum absolute atomic E-state index is 12.9. The molecule has 6 nitrogen and oxygen atoms in total. The summed E-state index contributed by atoms with van der Waals surface area (Å²) < 4.78 is 16.9. The van der Waals surface area contributed by atoms with Crippen LogP contribution in [0.2, 0.25) is 0 Å². The van der Waals surface area contributed by atoms with Crippen LogP contribution < -0.4 is 0 Å². The van der Waals surface area contributed by atoms with Gasteiger partial charge in [-0.1, -0.05) is 304 Å². The summed E-state index contributed by atoms with van der Waals surface area (Å²) in [7, 11) is 0. The van der Waals surface area contributed by atoms with Gasteiger partial charge in [0.05, 0.1) is 0 Å². The van der Waals surface area contributed by atoms with Crippen molar-refractivity contribution in [3.8, 4) is 0 Å². The lowest BCUT2D eigenvalue weighted by Crippen LogP contribution is -2.30. The molecule has 1 unspecified atom stereocenters. The fourth-order valence-electron chi connectivity index (χ4n) is 10.0. The SMILES string of the molecule is CC/C=C\C/C=C\C/C=C\C/C=C\CCCCC(=O)OCC(COC(=O)CCCCCCCCCCCCCCCCCCCCC/C=C\C/C=C\CCCCCCC)OC(=O)CCCCCCCCC/C=C\C/C=C\CCCCCC. The van der Waals surface area contributed by atoms with Gasteiger partial charge in [0.15, 0.2) is 6.10 Å². The van der Waals surface area contributed by atoms with E-state index in [4.69, 9.17) is 14.2 Å². The number of hydrogen-bond acceptors (Lipinski definition) is 6. The second kappa shape index (κ2) is 69.8. The number of carbonyl (C=O) groups excluding carboxylic acids is 3. The van der Waals surface area contributed by atoms with E-state index in [1.807, 2.05) is 0 Å². The van der Waals surface area contributed by atoms with Gasteiger partial charge in [-0.15, -0.1) is 0 Å². The summed E-state index contributed by atoms with van der Waals surface area (Å²) in [6.07, 6.45) is 94.5. The van der Waals surface area contributed by atoms with Gasteiger partial charge >= 0.3 is 17.9 Å². The predicted molar refractivity (Wildman–Crippen MR) is 357 cm³/mol. The highest BCUT2D eigenvalue weighted by Crippen LogP contribution is 2.17. The first-order valence-corrected chi connectivity index (χ1v) is 35.2. The third kappa shape index (κ3) is 67.1. The van der Waals surface area contributed by atoms with Gasteiger partial charge in [-0.2, -0.15) is 0 Å². The molecule has 0 saturated carbocycles. The van der Waals surface area contributed by atoms with Crippen molar-refractivity contribution in [3.63, 3.8) is 0 Å². The van der Waals surface area contributed by atoms with E-state index in [1.54, 1.807) is 0 Å². The van der Waals surface area contributed by atoms with E-state index < -0.39 is 6.10 Å². The van der Waals surface area contributed by atoms with Crippen LogP contribution in [0, 0.1) is 0 Å². The molecular formula is C76H132O6. The summed E-state index contributed by atoms with van der Waals surface area (Å²) in [5.74, 6) is -0.929. The summed E-state index contributed by atoms with van der Waals surface area (Å²) in [5.41, 5.74) is 0. The molecule has 0 spiro atoms. The monoisotopic (exact) mass is 1140 g/mol. The highest BCUT2D eigenvalue weighted by molar-refractivity contribution is 5.71. The molecule has 0 radical (unpaired) electrons. The van der Waals surface area contributed by atoms with Gasteiger partial charge in [-0.3, -0.25) is 14.4 Å². The summed E-state index contributed by atoms with van der Waals surface area (Å²) in [5, 5.41) is 0. The highest BCUT2D eigenvalue weighted by atomic mass is 16.6. The molecule has 0 bridgehead atoms. The van der Waals surface area contributed by atoms with E-state index in [-0.39, 0.29) is 31.1 Å². The lowest BCUT2D eigenvalue weighted by molar-refractivity contribution is -0.167. The zero-order valence-electron chi connectivity index (χ0n) is 54.2. The average molecular weight is 1140 g/mol. The molecule has 0 amide bonds. The zero-order chi connectivity index (χ0) is 59.2. The molecule has 0 N–H and O–H groups in total. The molecular weight excluding hydrogens is 1010 g/mol. The van der Waals surface area contributed by atoms with Gasteiger partial charge in [0.1, 0.15) is 13.2 Å². The molecule has 472 valence electrons. The first kappa shape index (κ1) is 78.3. The molecule has 0 aliphatic heterocycles. The van der Waals surface area contributed by atoms with Gasteiger partial charge in [0.2, 0.25) is 0 Å². The molecule has 0 aliphatic carbocycles. The van der Waals surface area contributed by atoms with Crippen molar-refractivity contribution in [2.24, 2.45) is 0 Å². The number of carbonyl (C=O) groups is 3. The van der Waals surface area contributed by atoms with Gasteiger partial charge in [-0.05, 0) is 122 Å². The van der Waals surface area contributed by atoms with E-state index in [9.17, 15) is 14.4 Å². The zero-order valence-corrected chi connectivity index (χ0v) is 54.2. The van der Waals surface area contributed by atoms with Crippen molar-refractivity contribution < 1.29 is 28.6 Å². The van der Waals surface area contributed by atoms with Crippen molar-refractivity contribution >= 4 is 17.9 Å².